The quantitative estimate of drug-likeness (QED) is 0.581. The van der Waals surface area contributed by atoms with Crippen molar-refractivity contribution in [2.75, 3.05) is 20.0 Å². The van der Waals surface area contributed by atoms with Crippen molar-refractivity contribution in [2.24, 2.45) is 5.73 Å². The molecule has 136 valence electrons. The lowest BCUT2D eigenvalue weighted by Gasteiger charge is -2.24. The predicted molar refractivity (Wildman–Crippen MR) is 92.7 cm³/mol. The van der Waals surface area contributed by atoms with E-state index < -0.39 is 10.2 Å². The number of hydrogen-bond acceptors (Lipinski definition) is 7. The molecule has 1 amide bonds. The highest BCUT2D eigenvalue weighted by Crippen LogP contribution is 2.50. The van der Waals surface area contributed by atoms with Crippen LogP contribution < -0.4 is 15.8 Å². The van der Waals surface area contributed by atoms with Crippen LogP contribution in [0.3, 0.4) is 0 Å². The first-order valence-electron chi connectivity index (χ1n) is 8.24. The van der Waals surface area contributed by atoms with Crippen LogP contribution in [0, 0.1) is 6.92 Å². The molecule has 0 aromatic carbocycles. The van der Waals surface area contributed by atoms with Crippen LogP contribution in [0.2, 0.25) is 0 Å². The average Bonchev–Trinajstić information content (AvgIpc) is 3.11. The number of carbonyl (C=O) groups is 1. The highest BCUT2D eigenvalue weighted by Gasteiger charge is 2.50. The van der Waals surface area contributed by atoms with Gasteiger partial charge in [0.05, 0.1) is 6.61 Å². The topological polar surface area (TPSA) is 95.7 Å². The molecule has 9 heteroatoms. The fourth-order valence-corrected chi connectivity index (χ4v) is 4.77. The van der Waals surface area contributed by atoms with Gasteiger partial charge >= 0.3 is 0 Å². The minimum Gasteiger partial charge on any atom is -0.475 e. The number of fused-ring (bicyclic) bond motifs is 1. The first kappa shape index (κ1) is 17.4. The standard InChI is InChI=1S/C16H20ClN3O4S/c1-8-4-11(23-6-10-5-22-7-24-10)20-15-12(8)16(17,18)13(25-15)14(21)19-9-2-3-9/h4,9-10,13H,2-3,5-7,18H2,1H3,(H,19,21). The maximum Gasteiger partial charge on any atom is 0.237 e. The molecule has 0 bridgehead atoms. The molecule has 0 radical (unpaired) electrons. The maximum atomic E-state index is 12.5. The lowest BCUT2D eigenvalue weighted by Crippen LogP contribution is -2.47. The van der Waals surface area contributed by atoms with Crippen molar-refractivity contribution in [3.8, 4) is 5.88 Å². The van der Waals surface area contributed by atoms with E-state index in [1.54, 1.807) is 6.07 Å². The Morgan fingerprint density at radius 2 is 2.40 bits per heavy atom. The van der Waals surface area contributed by atoms with Crippen LogP contribution in [0.5, 0.6) is 5.88 Å². The summed E-state index contributed by atoms with van der Waals surface area (Å²) in [6.45, 7) is 3.06. The molecule has 3 atom stereocenters. The number of pyridine rings is 1. The number of thioether (sulfide) groups is 1. The van der Waals surface area contributed by atoms with Crippen LogP contribution in [0.1, 0.15) is 24.0 Å². The van der Waals surface area contributed by atoms with Gasteiger partial charge in [0.25, 0.3) is 0 Å². The van der Waals surface area contributed by atoms with Gasteiger partial charge in [0.15, 0.2) is 0 Å². The van der Waals surface area contributed by atoms with Gasteiger partial charge in [0, 0.05) is 17.7 Å². The molecule has 3 heterocycles. The molecule has 1 aromatic heterocycles. The molecule has 0 spiro atoms. The van der Waals surface area contributed by atoms with Gasteiger partial charge in [-0.25, -0.2) is 4.98 Å². The van der Waals surface area contributed by atoms with E-state index in [1.807, 2.05) is 6.92 Å². The molecule has 1 saturated heterocycles. The summed E-state index contributed by atoms with van der Waals surface area (Å²) in [5.41, 5.74) is 7.88. The number of aromatic nitrogens is 1. The van der Waals surface area contributed by atoms with Crippen LogP contribution in [0.4, 0.5) is 0 Å². The molecule has 1 aliphatic carbocycles. The molecule has 1 saturated carbocycles. The average molecular weight is 386 g/mol. The number of alkyl halides is 1. The van der Waals surface area contributed by atoms with E-state index in [0.29, 0.717) is 36.5 Å². The number of nitrogens with two attached hydrogens (primary N) is 1. The molecule has 1 aromatic rings. The van der Waals surface area contributed by atoms with E-state index in [-0.39, 0.29) is 18.1 Å². The van der Waals surface area contributed by atoms with Gasteiger partial charge in [-0.3, -0.25) is 4.79 Å². The number of hydrogen-bond donors (Lipinski definition) is 2. The minimum atomic E-state index is -1.28. The van der Waals surface area contributed by atoms with Crippen molar-refractivity contribution >= 4 is 29.3 Å². The summed E-state index contributed by atoms with van der Waals surface area (Å²) in [6, 6.07) is 2.05. The van der Waals surface area contributed by atoms with Crippen LogP contribution in [-0.4, -0.2) is 48.3 Å². The highest BCUT2D eigenvalue weighted by molar-refractivity contribution is 8.01. The van der Waals surface area contributed by atoms with Crippen molar-refractivity contribution in [3.63, 3.8) is 0 Å². The van der Waals surface area contributed by atoms with Gasteiger partial charge in [-0.15, -0.1) is 0 Å². The molecule has 7 nitrogen and oxygen atoms in total. The van der Waals surface area contributed by atoms with Gasteiger partial charge < -0.3 is 25.3 Å². The second kappa shape index (κ2) is 6.59. The van der Waals surface area contributed by atoms with Crippen molar-refractivity contribution in [3.05, 3.63) is 17.2 Å². The molecular weight excluding hydrogens is 366 g/mol. The number of nitrogens with one attached hydrogen (secondary N) is 1. The fraction of sp³-hybridized carbons (Fsp3) is 0.625. The van der Waals surface area contributed by atoms with E-state index in [2.05, 4.69) is 10.3 Å². The number of aryl methyl sites for hydroxylation is 1. The Balaban J connectivity index is 1.52. The second-order valence-corrected chi connectivity index (χ2v) is 8.31. The molecule has 4 rings (SSSR count). The molecular formula is C16H20ClN3O4S. The van der Waals surface area contributed by atoms with Crippen molar-refractivity contribution in [1.29, 1.82) is 0 Å². The van der Waals surface area contributed by atoms with Crippen molar-refractivity contribution in [1.82, 2.24) is 10.3 Å². The Hall–Kier alpha value is -1.06. The van der Waals surface area contributed by atoms with Gasteiger partial charge in [-0.2, -0.15) is 0 Å². The zero-order chi connectivity index (χ0) is 17.6. The summed E-state index contributed by atoms with van der Waals surface area (Å²) in [5, 5.41) is 3.00. The normalized spacial score (nSPS) is 31.0. The summed E-state index contributed by atoms with van der Waals surface area (Å²) in [5.74, 6) is 0.330. The third kappa shape index (κ3) is 3.46. The zero-order valence-corrected chi connectivity index (χ0v) is 15.4. The van der Waals surface area contributed by atoms with E-state index >= 15 is 0 Å². The summed E-state index contributed by atoms with van der Waals surface area (Å²) >= 11 is 7.87. The lowest BCUT2D eigenvalue weighted by atomic mass is 10.0. The summed E-state index contributed by atoms with van der Waals surface area (Å²) in [4.78, 5) is 15.7. The maximum absolute atomic E-state index is 12.5. The molecule has 3 N–H and O–H groups in total. The lowest BCUT2D eigenvalue weighted by molar-refractivity contribution is -0.121. The summed E-state index contributed by atoms with van der Waals surface area (Å²) in [7, 11) is 0. The van der Waals surface area contributed by atoms with Crippen molar-refractivity contribution < 1.29 is 19.0 Å². The van der Waals surface area contributed by atoms with E-state index in [4.69, 9.17) is 31.5 Å². The Morgan fingerprint density at radius 1 is 1.60 bits per heavy atom. The predicted octanol–water partition coefficient (Wildman–Crippen LogP) is 1.24. The van der Waals surface area contributed by atoms with Crippen LogP contribution in [-0.2, 0) is 19.3 Å². The SMILES string of the molecule is Cc1cc(OCC2COCO2)nc2c1C(N)(Cl)C(C(=O)NC1CC1)S2. The smallest absolute Gasteiger partial charge is 0.237 e. The van der Waals surface area contributed by atoms with Crippen LogP contribution in [0.25, 0.3) is 0 Å². The number of rotatable bonds is 5. The molecule has 2 fully saturated rings. The van der Waals surface area contributed by atoms with Gasteiger partial charge in [-0.1, -0.05) is 23.4 Å². The van der Waals surface area contributed by atoms with Crippen LogP contribution >= 0.6 is 23.4 Å². The number of amides is 1. The third-order valence-corrected chi connectivity index (χ3v) is 6.30. The van der Waals surface area contributed by atoms with E-state index in [0.717, 1.165) is 18.4 Å². The van der Waals surface area contributed by atoms with Gasteiger partial charge in [0.1, 0.15) is 34.8 Å². The monoisotopic (exact) mass is 385 g/mol. The number of halogens is 1. The molecule has 2 aliphatic heterocycles. The van der Waals surface area contributed by atoms with E-state index in [1.165, 1.54) is 11.8 Å². The summed E-state index contributed by atoms with van der Waals surface area (Å²) < 4.78 is 16.2. The number of nitrogens with zero attached hydrogens (tertiary/aromatic N) is 1. The highest BCUT2D eigenvalue weighted by atomic mass is 35.5. The molecule has 3 aliphatic rings. The van der Waals surface area contributed by atoms with Crippen LogP contribution in [0.15, 0.2) is 11.1 Å². The summed E-state index contributed by atoms with van der Waals surface area (Å²) in [6.07, 6.45) is 1.93. The Morgan fingerprint density at radius 3 is 3.08 bits per heavy atom. The Labute approximate surface area is 154 Å². The Bertz CT molecular complexity index is 692. The van der Waals surface area contributed by atoms with E-state index in [9.17, 15) is 4.79 Å². The molecule has 3 unspecified atom stereocenters. The van der Waals surface area contributed by atoms with Gasteiger partial charge in [-0.05, 0) is 25.3 Å². The number of ether oxygens (including phenoxy) is 3. The minimum absolute atomic E-state index is 0.0956. The number of carbonyl (C=O) groups excluding carboxylic acids is 1. The van der Waals surface area contributed by atoms with Gasteiger partial charge in [0.2, 0.25) is 11.8 Å². The third-order valence-electron chi connectivity index (χ3n) is 4.42. The largest absolute Gasteiger partial charge is 0.475 e. The first-order valence-corrected chi connectivity index (χ1v) is 9.50. The zero-order valence-electron chi connectivity index (χ0n) is 13.8. The van der Waals surface area contributed by atoms with Crippen molar-refractivity contribution in [2.45, 2.75) is 47.2 Å². The fourth-order valence-electron chi connectivity index (χ4n) is 2.96. The molecule has 25 heavy (non-hydrogen) atoms. The first-order chi connectivity index (χ1) is 11.9. The second-order valence-electron chi connectivity index (χ2n) is 6.59. The Kier molecular flexibility index (Phi) is 4.57.